The summed E-state index contributed by atoms with van der Waals surface area (Å²) in [4.78, 5) is 0. The molecule has 0 aromatic heterocycles. The van der Waals surface area contributed by atoms with Gasteiger partial charge >= 0.3 is 0 Å². The molecular formula is C77H170. The maximum Gasteiger partial charge on any atom is -0.0359 e. The molecule has 3 aliphatic rings. The molecule has 5 unspecified atom stereocenters. The van der Waals surface area contributed by atoms with Gasteiger partial charge in [-0.15, -0.1) is 0 Å². The van der Waals surface area contributed by atoms with E-state index in [0.717, 1.165) is 76.9 Å². The Bertz CT molecular complexity index is 960. The minimum Gasteiger partial charge on any atom is -0.0654 e. The second kappa shape index (κ2) is 57.8. The van der Waals surface area contributed by atoms with E-state index in [1.807, 2.05) is 0 Å². The van der Waals surface area contributed by atoms with Gasteiger partial charge in [-0.25, -0.2) is 0 Å². The van der Waals surface area contributed by atoms with Gasteiger partial charge in [0.05, 0.1) is 0 Å². The number of rotatable bonds is 14. The average Bonchev–Trinajstić information content (AvgIpc) is 3.95. The summed E-state index contributed by atoms with van der Waals surface area (Å²) in [5.41, 5.74) is 2.17. The summed E-state index contributed by atoms with van der Waals surface area (Å²) >= 11 is 0. The third-order valence-electron chi connectivity index (χ3n) is 20.2. The van der Waals surface area contributed by atoms with Crippen LogP contribution in [0.3, 0.4) is 0 Å². The summed E-state index contributed by atoms with van der Waals surface area (Å²) in [7, 11) is 0. The predicted molar refractivity (Wildman–Crippen MR) is 371 cm³/mol. The average molecular weight is 1100 g/mol. The third kappa shape index (κ3) is 76.0. The quantitative estimate of drug-likeness (QED) is 0.163. The first-order valence-corrected chi connectivity index (χ1v) is 35.1. The van der Waals surface area contributed by atoms with Gasteiger partial charge in [0.25, 0.3) is 0 Å². The zero-order valence-corrected chi connectivity index (χ0v) is 62.8. The van der Waals surface area contributed by atoms with Crippen molar-refractivity contribution in [2.24, 2.45) is 98.6 Å². The first kappa shape index (κ1) is 93.4. The Balaban J connectivity index is -0.000000113. The molecule has 3 rings (SSSR count). The van der Waals surface area contributed by atoms with Crippen LogP contribution >= 0.6 is 0 Å². The highest BCUT2D eigenvalue weighted by Crippen LogP contribution is 2.31. The van der Waals surface area contributed by atoms with Crippen molar-refractivity contribution in [3.63, 3.8) is 0 Å². The van der Waals surface area contributed by atoms with Crippen LogP contribution in [0.5, 0.6) is 0 Å². The molecule has 3 aliphatic carbocycles. The lowest BCUT2D eigenvalue weighted by Crippen LogP contribution is -2.12. The molecule has 0 radical (unpaired) electrons. The Morgan fingerprint density at radius 1 is 0.338 bits per heavy atom. The molecular weight excluding hydrogens is 925 g/mol. The molecule has 0 bridgehead atoms. The molecule has 0 heterocycles. The highest BCUT2D eigenvalue weighted by molar-refractivity contribution is 4.70. The number of hydrogen-bond acceptors (Lipinski definition) is 0. The third-order valence-corrected chi connectivity index (χ3v) is 20.2. The lowest BCUT2D eigenvalue weighted by molar-refractivity contribution is 0.283. The molecule has 0 spiro atoms. The lowest BCUT2D eigenvalue weighted by Gasteiger charge is -2.22. The van der Waals surface area contributed by atoms with Crippen molar-refractivity contribution in [2.45, 2.75) is 404 Å². The minimum absolute atomic E-state index is 0.500. The van der Waals surface area contributed by atoms with E-state index in [2.05, 4.69) is 256 Å². The lowest BCUT2D eigenvalue weighted by atomic mass is 9.84. The monoisotopic (exact) mass is 1100 g/mol. The SMILES string of the molecule is CC(C)C(C)(C)C.CC(C)C(C)(C)C.CC1CCCCC1.CC1CCC[C@H]1C.CC1CC[C@@H](C)C1.CCC(C)(C)CC.CCC(C)(C)CC.CCC(C)C(C)C.CCC(C)C(C)C.CCC(CC)CC.CCCC(C)CC. The molecule has 7 atom stereocenters. The molecule has 3 fully saturated rings. The van der Waals surface area contributed by atoms with E-state index in [0.29, 0.717) is 21.7 Å². The van der Waals surface area contributed by atoms with Crippen LogP contribution < -0.4 is 0 Å². The summed E-state index contributed by atoms with van der Waals surface area (Å²) in [5.74, 6) is 12.2. The van der Waals surface area contributed by atoms with Gasteiger partial charge in [0.1, 0.15) is 0 Å². The van der Waals surface area contributed by atoms with Crippen molar-refractivity contribution in [3.8, 4) is 0 Å². The Morgan fingerprint density at radius 2 is 0.623 bits per heavy atom. The van der Waals surface area contributed by atoms with Gasteiger partial charge in [-0.3, -0.25) is 0 Å². The molecule has 77 heavy (non-hydrogen) atoms. The summed E-state index contributed by atoms with van der Waals surface area (Å²) in [6, 6.07) is 0. The second-order valence-corrected chi connectivity index (χ2v) is 31.1. The second-order valence-electron chi connectivity index (χ2n) is 31.1. The maximum absolute atomic E-state index is 2.36. The summed E-state index contributed by atoms with van der Waals surface area (Å²) < 4.78 is 0. The van der Waals surface area contributed by atoms with Crippen LogP contribution in [0.15, 0.2) is 0 Å². The Labute approximate surface area is 500 Å². The first-order valence-electron chi connectivity index (χ1n) is 35.1. The molecule has 0 aromatic carbocycles. The minimum atomic E-state index is 0.500. The van der Waals surface area contributed by atoms with Crippen molar-refractivity contribution in [1.29, 1.82) is 0 Å². The van der Waals surface area contributed by atoms with Crippen molar-refractivity contribution in [2.75, 3.05) is 0 Å². The van der Waals surface area contributed by atoms with E-state index in [4.69, 9.17) is 0 Å². The van der Waals surface area contributed by atoms with Crippen molar-refractivity contribution in [3.05, 3.63) is 0 Å². The fraction of sp³-hybridized carbons (Fsp3) is 1.00. The van der Waals surface area contributed by atoms with Crippen molar-refractivity contribution >= 4 is 0 Å². The topological polar surface area (TPSA) is 0 Å². The van der Waals surface area contributed by atoms with Crippen molar-refractivity contribution < 1.29 is 0 Å². The van der Waals surface area contributed by atoms with E-state index in [9.17, 15) is 0 Å². The van der Waals surface area contributed by atoms with Crippen LogP contribution in [-0.4, -0.2) is 0 Å². The largest absolute Gasteiger partial charge is 0.0654 e. The normalized spacial score (nSPS) is 19.4. The molecule has 0 N–H and O–H groups in total. The molecule has 0 heteroatoms. The van der Waals surface area contributed by atoms with Crippen LogP contribution in [0.2, 0.25) is 0 Å². The number of hydrogen-bond donors (Lipinski definition) is 0. The summed E-state index contributed by atoms with van der Waals surface area (Å²) in [6.45, 7) is 84.2. The van der Waals surface area contributed by atoms with Gasteiger partial charge in [-0.05, 0) is 105 Å². The molecule has 3 saturated carbocycles. The fourth-order valence-corrected chi connectivity index (χ4v) is 7.13. The maximum atomic E-state index is 2.36. The van der Waals surface area contributed by atoms with Crippen molar-refractivity contribution in [1.82, 2.24) is 0 Å². The highest BCUT2D eigenvalue weighted by atomic mass is 14.2. The zero-order valence-electron chi connectivity index (χ0n) is 62.8. The first-order chi connectivity index (χ1) is 35.1. The Hall–Kier alpha value is 0. The zero-order chi connectivity index (χ0) is 62.8. The van der Waals surface area contributed by atoms with Gasteiger partial charge in [-0.2, -0.15) is 0 Å². The predicted octanol–water partition coefficient (Wildman–Crippen LogP) is 29.6. The fourth-order valence-electron chi connectivity index (χ4n) is 7.13. The van der Waals surface area contributed by atoms with E-state index in [1.165, 1.54) is 148 Å². The van der Waals surface area contributed by atoms with Crippen LogP contribution in [0.4, 0.5) is 0 Å². The molecule has 0 amide bonds. The molecule has 478 valence electrons. The van der Waals surface area contributed by atoms with E-state index < -0.39 is 0 Å². The molecule has 0 nitrogen and oxygen atoms in total. The van der Waals surface area contributed by atoms with Crippen LogP contribution in [0.25, 0.3) is 0 Å². The van der Waals surface area contributed by atoms with Gasteiger partial charge in [0, 0.05) is 0 Å². The smallest absolute Gasteiger partial charge is 0.0359 e. The van der Waals surface area contributed by atoms with Crippen LogP contribution in [0, 0.1) is 98.6 Å². The van der Waals surface area contributed by atoms with E-state index in [1.54, 1.807) is 0 Å². The van der Waals surface area contributed by atoms with Gasteiger partial charge in [-0.1, -0.05) is 397 Å². The summed E-state index contributed by atoms with van der Waals surface area (Å²) in [5, 5.41) is 0. The summed E-state index contributed by atoms with van der Waals surface area (Å²) in [6.07, 6.45) is 32.2. The van der Waals surface area contributed by atoms with E-state index >= 15 is 0 Å². The standard InChI is InChI=1S/3C7H14.8C7H16/c1-6-3-4-7(2)5-6;1-6-4-3-5-7(6)2;1-7-5-3-2-4-6-7;2*1-6(2)7(3,4)5;2*1-5-7(3,4)6-2;2*1-5-7(4)6(2)3;1-4-6-7(3)5-2;1-4-7(5-2)6-3/h2*6-7H,3-5H2,1-2H3;7H,2-6H2,1H3;2*6H,1-5H3;2*5-6H2,1-4H3;2*6-7H,5H2,1-4H3;2*7H,4-6H2,1-3H3/t2*6-,7?;;;;;;;;;/m11........./s1. The van der Waals surface area contributed by atoms with Gasteiger partial charge < -0.3 is 0 Å². The molecule has 0 saturated heterocycles. The Kier molecular flexibility index (Phi) is 70.1. The van der Waals surface area contributed by atoms with E-state index in [-0.39, 0.29) is 0 Å². The highest BCUT2D eigenvalue weighted by Gasteiger charge is 2.18. The molecule has 0 aromatic rings. The van der Waals surface area contributed by atoms with Crippen LogP contribution in [0.1, 0.15) is 404 Å². The van der Waals surface area contributed by atoms with Crippen LogP contribution in [-0.2, 0) is 0 Å². The van der Waals surface area contributed by atoms with Gasteiger partial charge in [0.15, 0.2) is 0 Å². The Morgan fingerprint density at radius 3 is 0.688 bits per heavy atom. The molecule has 0 aliphatic heterocycles. The van der Waals surface area contributed by atoms with Gasteiger partial charge in [0.2, 0.25) is 0 Å².